The standard InChI is InChI=1S/C29H20Cl6N4O6.H3N/c1-3-44-28(42)22-16(26(40)38(36-22)24-18(32)10-14(30)11-19(24)33)8-6-5-7-9-17-23(29(43)45-4-2)37-39(27(17)41)25-20(34)12-15(31)13-21(25)35;/h5-13,40H,3-4H2,1-2H3;1H3/b7-5?,8-6?,17-9-;. The molecular weight excluding hydrogens is 727 g/mol. The van der Waals surface area contributed by atoms with E-state index in [0.29, 0.717) is 0 Å². The molecule has 1 aliphatic rings. The lowest BCUT2D eigenvalue weighted by Crippen LogP contribution is -2.23. The van der Waals surface area contributed by atoms with Crippen LogP contribution in [0.4, 0.5) is 5.69 Å². The molecule has 2 heterocycles. The van der Waals surface area contributed by atoms with E-state index < -0.39 is 23.7 Å². The molecular formula is C29H23Cl6N5O6. The summed E-state index contributed by atoms with van der Waals surface area (Å²) in [5.74, 6) is -3.15. The van der Waals surface area contributed by atoms with Crippen LogP contribution in [0.25, 0.3) is 11.8 Å². The fourth-order valence-corrected chi connectivity index (χ4v) is 5.93. The van der Waals surface area contributed by atoms with Crippen LogP contribution in [-0.4, -0.2) is 46.6 Å². The minimum Gasteiger partial charge on any atom is -0.858 e. The van der Waals surface area contributed by atoms with E-state index in [4.69, 9.17) is 79.1 Å². The lowest BCUT2D eigenvalue weighted by molar-refractivity contribution is -0.278. The van der Waals surface area contributed by atoms with E-state index >= 15 is 0 Å². The van der Waals surface area contributed by atoms with Crippen LogP contribution in [0, 0.1) is 0 Å². The number of carbonyl (C=O) groups is 3. The summed E-state index contributed by atoms with van der Waals surface area (Å²) in [6.07, 6.45) is 6.85. The Kier molecular flexibility index (Phi) is 12.7. The highest BCUT2D eigenvalue weighted by Crippen LogP contribution is 2.39. The smallest absolute Gasteiger partial charge is 0.359 e. The third kappa shape index (κ3) is 7.69. The fraction of sp³-hybridized carbons (Fsp3) is 0.138. The number of benzene rings is 2. The predicted octanol–water partition coefficient (Wildman–Crippen LogP) is 7.88. The van der Waals surface area contributed by atoms with Crippen LogP contribution in [0.2, 0.25) is 30.1 Å². The first-order valence-corrected chi connectivity index (χ1v) is 15.1. The van der Waals surface area contributed by atoms with Crippen LogP contribution in [-0.2, 0) is 19.1 Å². The number of ether oxygens (including phenoxy) is 2. The molecule has 0 radical (unpaired) electrons. The van der Waals surface area contributed by atoms with E-state index in [9.17, 15) is 19.5 Å². The van der Waals surface area contributed by atoms with E-state index in [1.54, 1.807) is 13.8 Å². The second-order valence-corrected chi connectivity index (χ2v) is 11.2. The SMILES string of the molecule is CCOC(=O)C1=NN(c2c(Cl)cc(Cl)cc2Cl)C(=O)/C1=C\C=CC=Cc1c(C(=O)OCC)nn(-c2c(Cl)cc(Cl)cc2Cl)c1[O-].[NH4+]. The van der Waals surface area contributed by atoms with E-state index in [2.05, 4.69) is 10.2 Å². The molecule has 1 aromatic heterocycles. The van der Waals surface area contributed by atoms with Crippen molar-refractivity contribution in [2.75, 3.05) is 18.2 Å². The quantitative estimate of drug-likeness (QED) is 0.132. The number of allylic oxidation sites excluding steroid dienone is 4. The number of carbonyl (C=O) groups excluding carboxylic acids is 3. The van der Waals surface area contributed by atoms with Gasteiger partial charge in [-0.25, -0.2) is 14.3 Å². The Morgan fingerprint density at radius 3 is 1.89 bits per heavy atom. The van der Waals surface area contributed by atoms with Gasteiger partial charge in [-0.15, -0.1) is 0 Å². The zero-order chi connectivity index (χ0) is 33.0. The van der Waals surface area contributed by atoms with Gasteiger partial charge in [0.05, 0.1) is 38.9 Å². The number of aromatic nitrogens is 2. The highest BCUT2D eigenvalue weighted by atomic mass is 35.5. The Hall–Kier alpha value is -3.55. The van der Waals surface area contributed by atoms with Crippen molar-refractivity contribution in [3.05, 3.63) is 95.5 Å². The molecule has 0 spiro atoms. The molecule has 0 saturated carbocycles. The Bertz CT molecular complexity index is 1790. The summed E-state index contributed by atoms with van der Waals surface area (Å²) in [6.45, 7) is 3.25. The number of hydrogen-bond donors (Lipinski definition) is 1. The monoisotopic (exact) mass is 747 g/mol. The molecule has 0 atom stereocenters. The molecule has 0 fully saturated rings. The average Bonchev–Trinajstić information content (AvgIpc) is 3.44. The van der Waals surface area contributed by atoms with Crippen molar-refractivity contribution in [3.8, 4) is 11.6 Å². The van der Waals surface area contributed by atoms with Gasteiger partial charge in [0.25, 0.3) is 5.91 Å². The van der Waals surface area contributed by atoms with Gasteiger partial charge in [0, 0.05) is 15.6 Å². The van der Waals surface area contributed by atoms with Gasteiger partial charge >= 0.3 is 11.9 Å². The Morgan fingerprint density at radius 2 is 1.35 bits per heavy atom. The third-order valence-corrected chi connectivity index (χ3v) is 7.42. The van der Waals surface area contributed by atoms with E-state index in [-0.39, 0.29) is 83.4 Å². The lowest BCUT2D eigenvalue weighted by atomic mass is 10.1. The molecule has 2 aromatic carbocycles. The summed E-state index contributed by atoms with van der Waals surface area (Å²) in [6, 6.07) is 5.48. The molecule has 0 aliphatic carbocycles. The van der Waals surface area contributed by atoms with Gasteiger partial charge < -0.3 is 20.7 Å². The zero-order valence-corrected chi connectivity index (χ0v) is 28.7. The van der Waals surface area contributed by atoms with Crippen molar-refractivity contribution in [1.82, 2.24) is 15.9 Å². The van der Waals surface area contributed by atoms with Crippen LogP contribution in [0.1, 0.15) is 29.9 Å². The number of amides is 1. The van der Waals surface area contributed by atoms with Gasteiger partial charge in [0.2, 0.25) is 0 Å². The van der Waals surface area contributed by atoms with Crippen molar-refractivity contribution in [3.63, 3.8) is 0 Å². The average molecular weight is 750 g/mol. The first-order valence-electron chi connectivity index (χ1n) is 12.8. The maximum atomic E-state index is 13.3. The second-order valence-electron chi connectivity index (χ2n) is 8.75. The summed E-state index contributed by atoms with van der Waals surface area (Å²) in [5, 5.41) is 23.0. The van der Waals surface area contributed by atoms with Gasteiger partial charge in [0.15, 0.2) is 11.4 Å². The first-order chi connectivity index (χ1) is 21.4. The molecule has 46 heavy (non-hydrogen) atoms. The number of hydrogen-bond acceptors (Lipinski definition) is 8. The van der Waals surface area contributed by atoms with Crippen molar-refractivity contribution in [2.45, 2.75) is 13.8 Å². The number of anilines is 1. The largest absolute Gasteiger partial charge is 0.858 e. The third-order valence-electron chi connectivity index (χ3n) is 5.83. The van der Waals surface area contributed by atoms with Crippen molar-refractivity contribution < 1.29 is 29.0 Å². The van der Waals surface area contributed by atoms with Gasteiger partial charge in [-0.1, -0.05) is 93.9 Å². The van der Waals surface area contributed by atoms with Crippen LogP contribution in [0.3, 0.4) is 0 Å². The molecule has 3 aromatic rings. The normalized spacial score (nSPS) is 13.9. The highest BCUT2D eigenvalue weighted by Gasteiger charge is 2.37. The van der Waals surface area contributed by atoms with E-state index in [1.807, 2.05) is 0 Å². The minimum absolute atomic E-state index is 0. The van der Waals surface area contributed by atoms with Gasteiger partial charge in [-0.2, -0.15) is 15.2 Å². The fourth-order valence-electron chi connectivity index (χ4n) is 3.97. The molecule has 1 aliphatic heterocycles. The van der Waals surface area contributed by atoms with Gasteiger partial charge in [0.1, 0.15) is 11.4 Å². The van der Waals surface area contributed by atoms with Crippen LogP contribution < -0.4 is 16.3 Å². The molecule has 0 unspecified atom stereocenters. The van der Waals surface area contributed by atoms with Crippen LogP contribution in [0.15, 0.2) is 59.2 Å². The molecule has 242 valence electrons. The molecule has 4 N–H and O–H groups in total. The van der Waals surface area contributed by atoms with Gasteiger partial charge in [-0.3, -0.25) is 4.79 Å². The molecule has 0 bridgehead atoms. The first kappa shape index (κ1) is 36.9. The van der Waals surface area contributed by atoms with Crippen LogP contribution >= 0.6 is 69.6 Å². The lowest BCUT2D eigenvalue weighted by Gasteiger charge is -2.15. The number of hydrazone groups is 1. The number of halogens is 6. The summed E-state index contributed by atoms with van der Waals surface area (Å²) in [7, 11) is 0. The topological polar surface area (TPSA) is 163 Å². The van der Waals surface area contributed by atoms with Gasteiger partial charge in [-0.05, 0) is 50.1 Å². The molecule has 0 saturated heterocycles. The Morgan fingerprint density at radius 1 is 0.826 bits per heavy atom. The molecule has 11 nitrogen and oxygen atoms in total. The highest BCUT2D eigenvalue weighted by molar-refractivity contribution is 6.54. The number of nitrogens with zero attached hydrogens (tertiary/aromatic N) is 4. The van der Waals surface area contributed by atoms with Crippen molar-refractivity contribution in [1.29, 1.82) is 0 Å². The second kappa shape index (κ2) is 15.8. The van der Waals surface area contributed by atoms with Crippen LogP contribution in [0.5, 0.6) is 5.88 Å². The van der Waals surface area contributed by atoms with Crippen molar-refractivity contribution >= 4 is 105 Å². The zero-order valence-electron chi connectivity index (χ0n) is 24.1. The molecule has 4 rings (SSSR count). The predicted molar refractivity (Wildman–Crippen MR) is 179 cm³/mol. The number of quaternary nitrogens is 1. The summed E-state index contributed by atoms with van der Waals surface area (Å²) in [4.78, 5) is 38.6. The summed E-state index contributed by atoms with van der Waals surface area (Å²) >= 11 is 37.1. The summed E-state index contributed by atoms with van der Waals surface area (Å²) in [5.41, 5.74) is -0.791. The van der Waals surface area contributed by atoms with E-state index in [1.165, 1.54) is 54.6 Å². The van der Waals surface area contributed by atoms with Crippen molar-refractivity contribution in [2.24, 2.45) is 5.10 Å². The maximum absolute atomic E-state index is 13.3. The summed E-state index contributed by atoms with van der Waals surface area (Å²) < 4.78 is 11.0. The maximum Gasteiger partial charge on any atom is 0.359 e. The Balaban J connectivity index is 0.00000576. The van der Waals surface area contributed by atoms with E-state index in [0.717, 1.165) is 9.69 Å². The number of rotatable bonds is 9. The minimum atomic E-state index is -0.855. The Labute approximate surface area is 292 Å². The number of esters is 2. The molecule has 17 heteroatoms. The molecule has 1 amide bonds.